The normalized spacial score (nSPS) is 13.6. The predicted molar refractivity (Wildman–Crippen MR) is 129 cm³/mol. The van der Waals surface area contributed by atoms with Gasteiger partial charge < -0.3 is 10.1 Å². The molecule has 2 aromatic carbocycles. The highest BCUT2D eigenvalue weighted by molar-refractivity contribution is 5.88. The predicted octanol–water partition coefficient (Wildman–Crippen LogP) is 5.44. The summed E-state index contributed by atoms with van der Waals surface area (Å²) >= 11 is 0. The fourth-order valence-electron chi connectivity index (χ4n) is 4.54. The van der Waals surface area contributed by atoms with Crippen molar-refractivity contribution in [1.29, 1.82) is 0 Å². The summed E-state index contributed by atoms with van der Waals surface area (Å²) in [6, 6.07) is 10.4. The molecule has 0 bridgehead atoms. The average Bonchev–Trinajstić information content (AvgIpc) is 3.64. The van der Waals surface area contributed by atoms with Gasteiger partial charge in [0.25, 0.3) is 0 Å². The molecule has 176 valence electrons. The monoisotopic (exact) mass is 462 g/mol. The molecule has 0 saturated heterocycles. The molecule has 1 fully saturated rings. The molecule has 0 atom stereocenters. The number of rotatable bonds is 8. The lowest BCUT2D eigenvalue weighted by molar-refractivity contribution is 0.300. The van der Waals surface area contributed by atoms with Crippen LogP contribution in [0.15, 0.2) is 42.6 Å². The Kier molecular flexibility index (Phi) is 6.04. The van der Waals surface area contributed by atoms with Crippen LogP contribution in [0.25, 0.3) is 22.0 Å². The Morgan fingerprint density at radius 2 is 1.97 bits per heavy atom. The number of halogens is 2. The van der Waals surface area contributed by atoms with Crippen LogP contribution < -0.4 is 10.1 Å². The van der Waals surface area contributed by atoms with Crippen LogP contribution >= 0.6 is 0 Å². The summed E-state index contributed by atoms with van der Waals surface area (Å²) in [5.41, 5.74) is 6.55. The summed E-state index contributed by atoms with van der Waals surface area (Å²) in [5.74, 6) is -1.44. The van der Waals surface area contributed by atoms with Gasteiger partial charge in [-0.05, 0) is 73.8 Å². The van der Waals surface area contributed by atoms with E-state index in [-0.39, 0.29) is 12.4 Å². The highest BCUT2D eigenvalue weighted by Crippen LogP contribution is 2.42. The van der Waals surface area contributed by atoms with E-state index in [1.165, 1.54) is 0 Å². The van der Waals surface area contributed by atoms with Crippen molar-refractivity contribution in [1.82, 2.24) is 20.1 Å². The minimum absolute atomic E-state index is 0.0621. The third kappa shape index (κ3) is 4.16. The van der Waals surface area contributed by atoms with E-state index in [1.807, 2.05) is 50.0 Å². The van der Waals surface area contributed by atoms with E-state index >= 15 is 0 Å². The van der Waals surface area contributed by atoms with Gasteiger partial charge in [-0.3, -0.25) is 9.67 Å². The summed E-state index contributed by atoms with van der Waals surface area (Å²) in [7, 11) is 3.82. The zero-order chi connectivity index (χ0) is 23.8. The number of nitrogens with zero attached hydrogens (tertiary/aromatic N) is 3. The second-order valence-electron chi connectivity index (χ2n) is 8.92. The first-order valence-electron chi connectivity index (χ1n) is 11.6. The van der Waals surface area contributed by atoms with E-state index in [0.717, 1.165) is 57.9 Å². The number of aromatic nitrogens is 3. The van der Waals surface area contributed by atoms with Crippen LogP contribution in [-0.2, 0) is 20.0 Å². The first-order chi connectivity index (χ1) is 16.5. The molecule has 5 nitrogen and oxygen atoms in total. The van der Waals surface area contributed by atoms with E-state index in [0.29, 0.717) is 24.4 Å². The van der Waals surface area contributed by atoms with E-state index in [2.05, 4.69) is 15.4 Å². The smallest absolute Gasteiger partial charge is 0.201 e. The van der Waals surface area contributed by atoms with Crippen molar-refractivity contribution in [2.24, 2.45) is 7.05 Å². The van der Waals surface area contributed by atoms with Crippen molar-refractivity contribution in [3.05, 3.63) is 76.7 Å². The van der Waals surface area contributed by atoms with Crippen LogP contribution in [0.4, 0.5) is 8.78 Å². The molecule has 1 saturated carbocycles. The van der Waals surface area contributed by atoms with Gasteiger partial charge in [-0.15, -0.1) is 0 Å². The van der Waals surface area contributed by atoms with Gasteiger partial charge in [0.1, 0.15) is 0 Å². The maximum atomic E-state index is 14.9. The van der Waals surface area contributed by atoms with Crippen LogP contribution in [0, 0.1) is 18.6 Å². The number of nitrogens with one attached hydrogen (secondary N) is 1. The third-order valence-electron chi connectivity index (χ3n) is 6.61. The zero-order valence-electron chi connectivity index (χ0n) is 19.7. The summed E-state index contributed by atoms with van der Waals surface area (Å²) in [4.78, 5) is 4.43. The van der Waals surface area contributed by atoms with E-state index in [4.69, 9.17) is 4.74 Å². The van der Waals surface area contributed by atoms with Crippen molar-refractivity contribution in [2.45, 2.75) is 38.6 Å². The van der Waals surface area contributed by atoms with E-state index in [1.54, 1.807) is 12.3 Å². The molecule has 0 spiro atoms. The fraction of sp³-hybridized carbons (Fsp3) is 0.333. The molecule has 1 aliphatic rings. The maximum Gasteiger partial charge on any atom is 0.201 e. The maximum absolute atomic E-state index is 14.9. The van der Waals surface area contributed by atoms with E-state index in [9.17, 15) is 8.78 Å². The van der Waals surface area contributed by atoms with Gasteiger partial charge in [-0.2, -0.15) is 9.49 Å². The number of pyridine rings is 1. The van der Waals surface area contributed by atoms with Gasteiger partial charge in [-0.1, -0.05) is 6.07 Å². The largest absolute Gasteiger partial charge is 0.489 e. The van der Waals surface area contributed by atoms with Gasteiger partial charge in [0.05, 0.1) is 17.8 Å². The Morgan fingerprint density at radius 1 is 1.15 bits per heavy atom. The SMILES string of the molecule is CNCc1ccnc2ccc(-c3ccc(F)c(F)c3OCCc3c(C4CC4)nn(C)c3C)cc12. The number of benzene rings is 2. The molecule has 1 N–H and O–H groups in total. The lowest BCUT2D eigenvalue weighted by Crippen LogP contribution is -2.07. The molecule has 1 aliphatic carbocycles. The van der Waals surface area contributed by atoms with Crippen LogP contribution in [0.2, 0.25) is 0 Å². The second-order valence-corrected chi connectivity index (χ2v) is 8.92. The Bertz CT molecular complexity index is 1360. The number of hydrogen-bond donors (Lipinski definition) is 1. The molecule has 0 unspecified atom stereocenters. The standard InChI is InChI=1S/C27H28F2N4O/c1-16-20(26(17-4-5-17)32-33(16)3)11-13-34-27-21(7-8-23(28)25(27)29)18-6-9-24-22(14-18)19(15-30-2)10-12-31-24/h6-10,12,14,17,30H,4-5,11,13,15H2,1-3H3. The quantitative estimate of drug-likeness (QED) is 0.379. The first kappa shape index (κ1) is 22.5. The topological polar surface area (TPSA) is 52.0 Å². The van der Waals surface area contributed by atoms with Crippen molar-refractivity contribution in [3.8, 4) is 16.9 Å². The van der Waals surface area contributed by atoms with Crippen LogP contribution in [0.3, 0.4) is 0 Å². The third-order valence-corrected chi connectivity index (χ3v) is 6.61. The minimum atomic E-state index is -0.968. The molecule has 2 heterocycles. The molecule has 7 heteroatoms. The van der Waals surface area contributed by atoms with Crippen LogP contribution in [0.1, 0.15) is 41.3 Å². The first-order valence-corrected chi connectivity index (χ1v) is 11.6. The Balaban J connectivity index is 1.47. The van der Waals surface area contributed by atoms with Gasteiger partial charge in [0.2, 0.25) is 5.82 Å². The highest BCUT2D eigenvalue weighted by atomic mass is 19.2. The molecule has 5 rings (SSSR count). The summed E-state index contributed by atoms with van der Waals surface area (Å²) in [6.07, 6.45) is 4.67. The van der Waals surface area contributed by atoms with Gasteiger partial charge in [-0.25, -0.2) is 4.39 Å². The summed E-state index contributed by atoms with van der Waals surface area (Å²) < 4.78 is 37.0. The molecule has 0 amide bonds. The van der Waals surface area contributed by atoms with Gasteiger partial charge in [0, 0.05) is 48.8 Å². The molecule has 0 aliphatic heterocycles. The average molecular weight is 463 g/mol. The Hall–Kier alpha value is -3.32. The molecule has 4 aromatic rings. The number of fused-ring (bicyclic) bond motifs is 1. The van der Waals surface area contributed by atoms with Crippen molar-refractivity contribution in [3.63, 3.8) is 0 Å². The second kappa shape index (κ2) is 9.14. The van der Waals surface area contributed by atoms with Crippen molar-refractivity contribution >= 4 is 10.9 Å². The number of aryl methyl sites for hydroxylation is 1. The lowest BCUT2D eigenvalue weighted by Gasteiger charge is -2.15. The molecular formula is C27H28F2N4O. The molecule has 34 heavy (non-hydrogen) atoms. The van der Waals surface area contributed by atoms with Gasteiger partial charge in [0.15, 0.2) is 11.6 Å². The molecule has 2 aromatic heterocycles. The Labute approximate surface area is 197 Å². The van der Waals surface area contributed by atoms with E-state index < -0.39 is 11.6 Å². The summed E-state index contributed by atoms with van der Waals surface area (Å²) in [5, 5.41) is 8.79. The minimum Gasteiger partial charge on any atom is -0.489 e. The van der Waals surface area contributed by atoms with Crippen molar-refractivity contribution < 1.29 is 13.5 Å². The summed E-state index contributed by atoms with van der Waals surface area (Å²) in [6.45, 7) is 2.95. The number of hydrogen-bond acceptors (Lipinski definition) is 4. The molecular weight excluding hydrogens is 434 g/mol. The lowest BCUT2D eigenvalue weighted by atomic mass is 9.99. The van der Waals surface area contributed by atoms with Gasteiger partial charge >= 0.3 is 0 Å². The van der Waals surface area contributed by atoms with Crippen molar-refractivity contribution in [2.75, 3.05) is 13.7 Å². The highest BCUT2D eigenvalue weighted by Gasteiger charge is 2.30. The molecule has 0 radical (unpaired) electrons. The zero-order valence-corrected chi connectivity index (χ0v) is 19.7. The Morgan fingerprint density at radius 3 is 2.74 bits per heavy atom. The van der Waals surface area contributed by atoms with Crippen LogP contribution in [0.5, 0.6) is 5.75 Å². The van der Waals surface area contributed by atoms with Crippen LogP contribution in [-0.4, -0.2) is 28.4 Å². The fourth-order valence-corrected chi connectivity index (χ4v) is 4.54. The number of ether oxygens (including phenoxy) is 1.